The molecular formula is C15H23ClN2O. The van der Waals surface area contributed by atoms with Crippen LogP contribution in [-0.2, 0) is 0 Å². The monoisotopic (exact) mass is 282 g/mol. The van der Waals surface area contributed by atoms with Crippen molar-refractivity contribution in [2.45, 2.75) is 46.1 Å². The van der Waals surface area contributed by atoms with E-state index in [1.165, 1.54) is 6.42 Å². The second-order valence-electron chi connectivity index (χ2n) is 5.06. The van der Waals surface area contributed by atoms with Crippen LogP contribution in [0.15, 0.2) is 18.2 Å². The molecule has 0 aliphatic rings. The van der Waals surface area contributed by atoms with Crippen LogP contribution in [-0.4, -0.2) is 11.9 Å². The molecule has 0 saturated heterocycles. The standard InChI is InChI=1S/C15H23ClN2O/c1-4-10(3)8-11(5-2)18-12-6-7-13(15(17)19)14(16)9-12/h6-7,9-11,18H,4-5,8H2,1-3H3,(H2,17,19). The molecule has 0 bridgehead atoms. The lowest BCUT2D eigenvalue weighted by Gasteiger charge is -2.21. The van der Waals surface area contributed by atoms with Crippen molar-refractivity contribution in [2.75, 3.05) is 5.32 Å². The number of primary amides is 1. The van der Waals surface area contributed by atoms with Gasteiger partial charge in [-0.1, -0.05) is 38.8 Å². The molecule has 3 N–H and O–H groups in total. The van der Waals surface area contributed by atoms with Gasteiger partial charge >= 0.3 is 0 Å². The van der Waals surface area contributed by atoms with E-state index < -0.39 is 5.91 Å². The predicted molar refractivity (Wildman–Crippen MR) is 81.7 cm³/mol. The topological polar surface area (TPSA) is 55.1 Å². The van der Waals surface area contributed by atoms with Gasteiger partial charge in [0.25, 0.3) is 0 Å². The van der Waals surface area contributed by atoms with Crippen molar-refractivity contribution in [1.82, 2.24) is 0 Å². The van der Waals surface area contributed by atoms with Gasteiger partial charge in [0.15, 0.2) is 0 Å². The Labute approximate surface area is 120 Å². The van der Waals surface area contributed by atoms with Gasteiger partial charge in [0.2, 0.25) is 5.91 Å². The normalized spacial score (nSPS) is 13.9. The van der Waals surface area contributed by atoms with Crippen LogP contribution >= 0.6 is 11.6 Å². The highest BCUT2D eigenvalue weighted by Crippen LogP contribution is 2.23. The van der Waals surface area contributed by atoms with Crippen molar-refractivity contribution in [1.29, 1.82) is 0 Å². The van der Waals surface area contributed by atoms with E-state index in [0.29, 0.717) is 22.5 Å². The number of rotatable bonds is 7. The number of nitrogens with two attached hydrogens (primary N) is 1. The van der Waals surface area contributed by atoms with Gasteiger partial charge in [-0.05, 0) is 37.0 Å². The first-order chi connectivity index (χ1) is 8.97. The second kappa shape index (κ2) is 7.39. The summed E-state index contributed by atoms with van der Waals surface area (Å²) in [4.78, 5) is 11.1. The molecule has 0 aliphatic heterocycles. The molecule has 0 saturated carbocycles. The minimum absolute atomic E-state index is 0.363. The molecule has 19 heavy (non-hydrogen) atoms. The molecule has 1 aromatic carbocycles. The zero-order chi connectivity index (χ0) is 14.4. The zero-order valence-corrected chi connectivity index (χ0v) is 12.6. The summed E-state index contributed by atoms with van der Waals surface area (Å²) in [5, 5.41) is 3.86. The third-order valence-electron chi connectivity index (χ3n) is 3.48. The predicted octanol–water partition coefficient (Wildman–Crippen LogP) is 4.07. The summed E-state index contributed by atoms with van der Waals surface area (Å²) in [5.74, 6) is 0.195. The molecule has 4 heteroatoms. The van der Waals surface area contributed by atoms with E-state index in [-0.39, 0.29) is 0 Å². The van der Waals surface area contributed by atoms with E-state index >= 15 is 0 Å². The lowest BCUT2D eigenvalue weighted by molar-refractivity contribution is 0.100. The number of benzene rings is 1. The van der Waals surface area contributed by atoms with E-state index in [0.717, 1.165) is 18.5 Å². The summed E-state index contributed by atoms with van der Waals surface area (Å²) in [6.45, 7) is 6.63. The van der Waals surface area contributed by atoms with Crippen LogP contribution < -0.4 is 11.1 Å². The van der Waals surface area contributed by atoms with Gasteiger partial charge in [0.05, 0.1) is 10.6 Å². The first kappa shape index (κ1) is 15.8. The molecule has 0 fully saturated rings. The van der Waals surface area contributed by atoms with Crippen LogP contribution in [0.25, 0.3) is 0 Å². The lowest BCUT2D eigenvalue weighted by atomic mass is 9.97. The smallest absolute Gasteiger partial charge is 0.250 e. The quantitative estimate of drug-likeness (QED) is 0.792. The van der Waals surface area contributed by atoms with Crippen LogP contribution in [0, 0.1) is 5.92 Å². The van der Waals surface area contributed by atoms with Gasteiger partial charge in [-0.2, -0.15) is 0 Å². The number of carbonyl (C=O) groups excluding carboxylic acids is 1. The van der Waals surface area contributed by atoms with Crippen molar-refractivity contribution < 1.29 is 4.79 Å². The van der Waals surface area contributed by atoms with Crippen molar-refractivity contribution in [2.24, 2.45) is 11.7 Å². The van der Waals surface area contributed by atoms with Crippen LogP contribution in [0.3, 0.4) is 0 Å². The highest BCUT2D eigenvalue weighted by molar-refractivity contribution is 6.34. The fourth-order valence-corrected chi connectivity index (χ4v) is 2.29. The number of halogens is 1. The molecule has 0 aliphatic carbocycles. The molecule has 0 heterocycles. The van der Waals surface area contributed by atoms with Gasteiger partial charge < -0.3 is 11.1 Å². The molecular weight excluding hydrogens is 260 g/mol. The molecule has 106 valence electrons. The first-order valence-electron chi connectivity index (χ1n) is 6.83. The third kappa shape index (κ3) is 4.75. The van der Waals surface area contributed by atoms with Crippen LogP contribution in [0.2, 0.25) is 5.02 Å². The maximum atomic E-state index is 11.1. The number of nitrogens with one attached hydrogen (secondary N) is 1. The molecule has 0 aromatic heterocycles. The summed E-state index contributed by atoms with van der Waals surface area (Å²) in [6.07, 6.45) is 3.36. The molecule has 1 aromatic rings. The summed E-state index contributed by atoms with van der Waals surface area (Å²) in [5.41, 5.74) is 6.53. The molecule has 3 nitrogen and oxygen atoms in total. The number of amides is 1. The van der Waals surface area contributed by atoms with Crippen molar-refractivity contribution in [3.63, 3.8) is 0 Å². The fraction of sp³-hybridized carbons (Fsp3) is 0.533. The molecule has 1 amide bonds. The number of anilines is 1. The Morgan fingerprint density at radius 3 is 2.53 bits per heavy atom. The zero-order valence-electron chi connectivity index (χ0n) is 11.9. The molecule has 2 atom stereocenters. The van der Waals surface area contributed by atoms with Crippen LogP contribution in [0.4, 0.5) is 5.69 Å². The number of carbonyl (C=O) groups is 1. The van der Waals surface area contributed by atoms with Gasteiger partial charge in [-0.25, -0.2) is 0 Å². The summed E-state index contributed by atoms with van der Waals surface area (Å²) in [7, 11) is 0. The largest absolute Gasteiger partial charge is 0.382 e. The summed E-state index contributed by atoms with van der Waals surface area (Å²) < 4.78 is 0. The third-order valence-corrected chi connectivity index (χ3v) is 3.79. The van der Waals surface area contributed by atoms with Gasteiger partial charge in [0.1, 0.15) is 0 Å². The van der Waals surface area contributed by atoms with Gasteiger partial charge in [0, 0.05) is 11.7 Å². The maximum absolute atomic E-state index is 11.1. The Hall–Kier alpha value is -1.22. The van der Waals surface area contributed by atoms with Crippen molar-refractivity contribution in [3.8, 4) is 0 Å². The van der Waals surface area contributed by atoms with Crippen LogP contribution in [0.1, 0.15) is 50.4 Å². The molecule has 2 unspecified atom stereocenters. The van der Waals surface area contributed by atoms with Gasteiger partial charge in [-0.15, -0.1) is 0 Å². The highest BCUT2D eigenvalue weighted by atomic mass is 35.5. The van der Waals surface area contributed by atoms with Crippen molar-refractivity contribution in [3.05, 3.63) is 28.8 Å². The van der Waals surface area contributed by atoms with E-state index in [9.17, 15) is 4.79 Å². The Balaban J connectivity index is 2.75. The SMILES string of the molecule is CCC(C)CC(CC)Nc1ccc(C(N)=O)c(Cl)c1. The van der Waals surface area contributed by atoms with E-state index in [1.807, 2.05) is 6.07 Å². The minimum atomic E-state index is -0.497. The average Bonchev–Trinajstić information content (AvgIpc) is 2.37. The summed E-state index contributed by atoms with van der Waals surface area (Å²) in [6, 6.07) is 5.71. The highest BCUT2D eigenvalue weighted by Gasteiger charge is 2.12. The van der Waals surface area contributed by atoms with Crippen LogP contribution in [0.5, 0.6) is 0 Å². The molecule has 1 rings (SSSR count). The Morgan fingerprint density at radius 2 is 2.05 bits per heavy atom. The molecule has 0 spiro atoms. The Bertz CT molecular complexity index is 434. The Kier molecular flexibility index (Phi) is 6.16. The average molecular weight is 283 g/mol. The van der Waals surface area contributed by atoms with Gasteiger partial charge in [-0.3, -0.25) is 4.79 Å². The maximum Gasteiger partial charge on any atom is 0.250 e. The van der Waals surface area contributed by atoms with E-state index in [1.54, 1.807) is 12.1 Å². The Morgan fingerprint density at radius 1 is 1.37 bits per heavy atom. The second-order valence-corrected chi connectivity index (χ2v) is 5.46. The number of hydrogen-bond acceptors (Lipinski definition) is 2. The minimum Gasteiger partial charge on any atom is -0.382 e. The fourth-order valence-electron chi connectivity index (χ4n) is 2.02. The van der Waals surface area contributed by atoms with E-state index in [4.69, 9.17) is 17.3 Å². The number of hydrogen-bond donors (Lipinski definition) is 2. The lowest BCUT2D eigenvalue weighted by Crippen LogP contribution is -2.21. The molecule has 0 radical (unpaired) electrons. The van der Waals surface area contributed by atoms with Crippen molar-refractivity contribution >= 4 is 23.2 Å². The van der Waals surface area contributed by atoms with E-state index in [2.05, 4.69) is 26.1 Å². The summed E-state index contributed by atoms with van der Waals surface area (Å²) >= 11 is 6.04. The first-order valence-corrected chi connectivity index (χ1v) is 7.21.